The minimum atomic E-state index is -4.70. The maximum Gasteiger partial charge on any atom is 0.449 e. The van der Waals surface area contributed by atoms with Crippen LogP contribution < -0.4 is 0 Å². The minimum absolute atomic E-state index is 0.234. The van der Waals surface area contributed by atoms with Crippen LogP contribution in [0.5, 0.6) is 0 Å². The van der Waals surface area contributed by atoms with Crippen molar-refractivity contribution in [3.63, 3.8) is 0 Å². The summed E-state index contributed by atoms with van der Waals surface area (Å²) in [5.74, 6) is -1.67. The normalized spacial score (nSPS) is 11.9. The van der Waals surface area contributed by atoms with Crippen LogP contribution in [0.3, 0.4) is 0 Å². The number of carbonyl (C=O) groups is 1. The Morgan fingerprint density at radius 3 is 2.31 bits per heavy atom. The van der Waals surface area contributed by atoms with Gasteiger partial charge in [0.15, 0.2) is 0 Å². The van der Waals surface area contributed by atoms with E-state index in [1.807, 2.05) is 0 Å². The molecule has 0 aliphatic rings. The molecule has 0 bridgehead atoms. The van der Waals surface area contributed by atoms with Gasteiger partial charge in [0, 0.05) is 6.42 Å². The molecule has 0 aliphatic carbocycles. The molecule has 16 heavy (non-hydrogen) atoms. The van der Waals surface area contributed by atoms with E-state index in [2.05, 4.69) is 15.6 Å². The molecule has 0 unspecified atom stereocenters. The standard InChI is InChI=1S/C8H13F3N4O/c9-8(10,11)7(16)5-3-1-2-4-6-13-15-14-12/h12H,1-6H2. The van der Waals surface area contributed by atoms with E-state index in [4.69, 9.17) is 5.53 Å². The first-order valence-corrected chi connectivity index (χ1v) is 4.81. The molecule has 0 radical (unpaired) electrons. The summed E-state index contributed by atoms with van der Waals surface area (Å²) in [6, 6.07) is 0. The van der Waals surface area contributed by atoms with Gasteiger partial charge in [0.25, 0.3) is 0 Å². The molecule has 0 saturated heterocycles. The summed E-state index contributed by atoms with van der Waals surface area (Å²) in [4.78, 5) is 10.4. The Kier molecular flexibility index (Phi) is 7.23. The van der Waals surface area contributed by atoms with Crippen molar-refractivity contribution in [1.82, 2.24) is 0 Å². The highest BCUT2D eigenvalue weighted by Gasteiger charge is 2.36. The molecule has 0 aromatic heterocycles. The zero-order valence-corrected chi connectivity index (χ0v) is 8.63. The molecule has 0 heterocycles. The molecule has 8 heteroatoms. The lowest BCUT2D eigenvalue weighted by Gasteiger charge is -2.04. The van der Waals surface area contributed by atoms with Gasteiger partial charge in [-0.05, 0) is 23.3 Å². The molecule has 0 aromatic rings. The van der Waals surface area contributed by atoms with Gasteiger partial charge < -0.3 is 0 Å². The van der Waals surface area contributed by atoms with Gasteiger partial charge in [0.05, 0.1) is 6.54 Å². The molecule has 1 N–H and O–H groups in total. The third-order valence-electron chi connectivity index (χ3n) is 1.84. The van der Waals surface area contributed by atoms with Crippen molar-refractivity contribution in [2.24, 2.45) is 15.6 Å². The number of nitrogens with zero attached hydrogens (tertiary/aromatic N) is 3. The summed E-state index contributed by atoms with van der Waals surface area (Å²) in [6.45, 7) is 0.398. The Hall–Kier alpha value is -1.34. The number of hydrogen-bond donors (Lipinski definition) is 1. The van der Waals surface area contributed by atoms with Gasteiger partial charge in [0.2, 0.25) is 5.78 Å². The second kappa shape index (κ2) is 7.89. The van der Waals surface area contributed by atoms with Crippen LogP contribution in [0.1, 0.15) is 32.1 Å². The first kappa shape index (κ1) is 14.7. The number of halogens is 3. The maximum atomic E-state index is 11.8. The quantitative estimate of drug-likeness (QED) is 0.392. The highest BCUT2D eigenvalue weighted by Crippen LogP contribution is 2.19. The summed E-state index contributed by atoms with van der Waals surface area (Å²) < 4.78 is 35.3. The van der Waals surface area contributed by atoms with E-state index >= 15 is 0 Å². The summed E-state index contributed by atoms with van der Waals surface area (Å²) in [5, 5.41) is 9.21. The van der Waals surface area contributed by atoms with E-state index in [1.54, 1.807) is 0 Å². The molecule has 5 nitrogen and oxygen atoms in total. The first-order valence-electron chi connectivity index (χ1n) is 4.81. The Morgan fingerprint density at radius 2 is 1.75 bits per heavy atom. The van der Waals surface area contributed by atoms with Crippen LogP contribution in [0.2, 0.25) is 0 Å². The number of nitrogens with one attached hydrogen (secondary N) is 1. The van der Waals surface area contributed by atoms with Crippen LogP contribution >= 0.6 is 0 Å². The fourth-order valence-corrected chi connectivity index (χ4v) is 1.04. The van der Waals surface area contributed by atoms with Crippen molar-refractivity contribution in [3.8, 4) is 0 Å². The van der Waals surface area contributed by atoms with Gasteiger partial charge in [-0.15, -0.1) is 0 Å². The van der Waals surface area contributed by atoms with Crippen LogP contribution in [-0.4, -0.2) is 18.5 Å². The van der Waals surface area contributed by atoms with Gasteiger partial charge in [-0.2, -0.15) is 23.8 Å². The number of ketones is 1. The van der Waals surface area contributed by atoms with Crippen molar-refractivity contribution in [1.29, 1.82) is 5.53 Å². The second-order valence-electron chi connectivity index (χ2n) is 3.14. The Balaban J connectivity index is 3.37. The molecule has 0 saturated carbocycles. The highest BCUT2D eigenvalue weighted by atomic mass is 19.4. The highest BCUT2D eigenvalue weighted by molar-refractivity contribution is 5.83. The molecule has 0 aliphatic heterocycles. The van der Waals surface area contributed by atoms with E-state index in [0.717, 1.165) is 0 Å². The zero-order valence-electron chi connectivity index (χ0n) is 8.63. The third kappa shape index (κ3) is 8.01. The van der Waals surface area contributed by atoms with Gasteiger partial charge in [0.1, 0.15) is 0 Å². The smallest absolute Gasteiger partial charge is 0.290 e. The van der Waals surface area contributed by atoms with E-state index in [-0.39, 0.29) is 6.42 Å². The Bertz CT molecular complexity index is 252. The van der Waals surface area contributed by atoms with Crippen LogP contribution in [0.25, 0.3) is 0 Å². The molecule has 0 fully saturated rings. The predicted octanol–water partition coefficient (Wildman–Crippen LogP) is 3.47. The van der Waals surface area contributed by atoms with E-state index in [9.17, 15) is 18.0 Å². The van der Waals surface area contributed by atoms with E-state index < -0.39 is 18.4 Å². The van der Waals surface area contributed by atoms with Crippen molar-refractivity contribution in [2.75, 3.05) is 6.54 Å². The van der Waals surface area contributed by atoms with Gasteiger partial charge in [-0.3, -0.25) is 4.79 Å². The van der Waals surface area contributed by atoms with Crippen LogP contribution in [-0.2, 0) is 4.79 Å². The van der Waals surface area contributed by atoms with E-state index in [0.29, 0.717) is 25.8 Å². The van der Waals surface area contributed by atoms with Crippen molar-refractivity contribution >= 4 is 5.78 Å². The fourth-order valence-electron chi connectivity index (χ4n) is 1.04. The number of carbonyl (C=O) groups excluding carboxylic acids is 1. The van der Waals surface area contributed by atoms with Crippen molar-refractivity contribution < 1.29 is 18.0 Å². The second-order valence-corrected chi connectivity index (χ2v) is 3.14. The predicted molar refractivity (Wildman–Crippen MR) is 49.0 cm³/mol. The maximum absolute atomic E-state index is 11.8. The van der Waals surface area contributed by atoms with Gasteiger partial charge in [-0.25, -0.2) is 0 Å². The summed E-state index contributed by atoms with van der Waals surface area (Å²) in [6.07, 6.45) is -3.02. The molecular formula is C8H13F3N4O. The average Bonchev–Trinajstić information content (AvgIpc) is 2.20. The molecular weight excluding hydrogens is 225 g/mol. The lowest BCUT2D eigenvalue weighted by molar-refractivity contribution is -0.171. The largest absolute Gasteiger partial charge is 0.449 e. The lowest BCUT2D eigenvalue weighted by Crippen LogP contribution is -2.22. The lowest BCUT2D eigenvalue weighted by atomic mass is 10.1. The van der Waals surface area contributed by atoms with E-state index in [1.165, 1.54) is 0 Å². The van der Waals surface area contributed by atoms with Crippen molar-refractivity contribution in [3.05, 3.63) is 0 Å². The summed E-state index contributed by atoms with van der Waals surface area (Å²) in [5.41, 5.74) is 6.28. The SMILES string of the molecule is N=NN=NCCCCCCC(=O)C(F)(F)F. The number of rotatable bonds is 8. The zero-order chi connectivity index (χ0) is 12.4. The number of unbranched alkanes of at least 4 members (excludes halogenated alkanes) is 3. The van der Waals surface area contributed by atoms with Gasteiger partial charge in [-0.1, -0.05) is 12.8 Å². The van der Waals surface area contributed by atoms with Crippen LogP contribution in [0, 0.1) is 5.53 Å². The molecule has 0 amide bonds. The minimum Gasteiger partial charge on any atom is -0.290 e. The van der Waals surface area contributed by atoms with Crippen molar-refractivity contribution in [2.45, 2.75) is 38.3 Å². The van der Waals surface area contributed by atoms with Crippen LogP contribution in [0.4, 0.5) is 13.2 Å². The molecule has 0 aromatic carbocycles. The molecule has 92 valence electrons. The molecule has 0 atom stereocenters. The topological polar surface area (TPSA) is 78.0 Å². The molecule has 0 spiro atoms. The monoisotopic (exact) mass is 238 g/mol. The fraction of sp³-hybridized carbons (Fsp3) is 0.875. The summed E-state index contributed by atoms with van der Waals surface area (Å²) in [7, 11) is 0. The number of Topliss-reactive ketones (excluding diaryl/α,β-unsaturated/α-hetero) is 1. The summed E-state index contributed by atoms with van der Waals surface area (Å²) >= 11 is 0. The molecule has 0 rings (SSSR count). The van der Waals surface area contributed by atoms with Crippen LogP contribution in [0.15, 0.2) is 15.6 Å². The van der Waals surface area contributed by atoms with Gasteiger partial charge >= 0.3 is 6.18 Å². The number of alkyl halides is 3. The Labute approximate surface area is 90.6 Å². The average molecular weight is 238 g/mol. The third-order valence-corrected chi connectivity index (χ3v) is 1.84. The number of hydrogen-bond acceptors (Lipinski definition) is 3. The first-order chi connectivity index (χ1) is 7.48. The Morgan fingerprint density at radius 1 is 1.12 bits per heavy atom.